The van der Waals surface area contributed by atoms with Gasteiger partial charge in [0.15, 0.2) is 0 Å². The van der Waals surface area contributed by atoms with Crippen molar-refractivity contribution in [3.05, 3.63) is 57.2 Å². The van der Waals surface area contributed by atoms with E-state index in [4.69, 9.17) is 11.6 Å². The number of nitrogens with one attached hydrogen (secondary N) is 1. The van der Waals surface area contributed by atoms with Crippen LogP contribution in [0.2, 0.25) is 5.02 Å². The molecule has 120 valence electrons. The van der Waals surface area contributed by atoms with E-state index in [1.165, 1.54) is 4.57 Å². The molecule has 2 aromatic rings. The number of nitrogens with zero attached hydrogens (tertiary/aromatic N) is 3. The highest BCUT2D eigenvalue weighted by Crippen LogP contribution is 2.15. The molecule has 2 heterocycles. The third kappa shape index (κ3) is 3.35. The van der Waals surface area contributed by atoms with Crippen LogP contribution in [0.3, 0.4) is 0 Å². The smallest absolute Gasteiger partial charge is 0.343 e. The molecule has 0 bridgehead atoms. The molecule has 0 spiro atoms. The number of benzene rings is 1. The number of halogens is 1. The lowest BCUT2D eigenvalue weighted by molar-refractivity contribution is -0.144. The highest BCUT2D eigenvalue weighted by atomic mass is 35.5. The Morgan fingerprint density at radius 3 is 2.87 bits per heavy atom. The molecular formula is C15H15ClN4O3. The Balaban J connectivity index is 1.74. The van der Waals surface area contributed by atoms with Crippen LogP contribution in [0.25, 0.3) is 6.08 Å². The predicted molar refractivity (Wildman–Crippen MR) is 85.2 cm³/mol. The van der Waals surface area contributed by atoms with Crippen molar-refractivity contribution in [2.45, 2.75) is 19.1 Å². The van der Waals surface area contributed by atoms with E-state index in [9.17, 15) is 14.7 Å². The van der Waals surface area contributed by atoms with E-state index in [1.54, 1.807) is 17.0 Å². The minimum absolute atomic E-state index is 0.0920. The average Bonchev–Trinajstić information content (AvgIpc) is 2.89. The van der Waals surface area contributed by atoms with Gasteiger partial charge in [-0.3, -0.25) is 14.3 Å². The largest absolute Gasteiger partial charge is 0.480 e. The summed E-state index contributed by atoms with van der Waals surface area (Å²) < 4.78 is 1.37. The lowest BCUT2D eigenvalue weighted by atomic mass is 10.1. The first kappa shape index (κ1) is 15.5. The zero-order chi connectivity index (χ0) is 16.4. The first-order valence-electron chi connectivity index (χ1n) is 7.07. The molecule has 8 heteroatoms. The van der Waals surface area contributed by atoms with Crippen molar-refractivity contribution in [2.24, 2.45) is 0 Å². The number of carboxylic acid groups (broad SMARTS) is 1. The van der Waals surface area contributed by atoms with Crippen LogP contribution in [0, 0.1) is 0 Å². The normalized spacial score (nSPS) is 18.2. The van der Waals surface area contributed by atoms with Gasteiger partial charge in [0.25, 0.3) is 0 Å². The standard InChI is InChI=1S/C15H15ClN4O3/c16-11-5-3-10(4-6-11)2-1-7-19-9-13-17-18-15(23)20(13)8-12(19)14(21)22/h1-6,12H,7-9H2,(H,18,23)(H,21,22)/b2-1+. The summed E-state index contributed by atoms with van der Waals surface area (Å²) in [7, 11) is 0. The fraction of sp³-hybridized carbons (Fsp3) is 0.267. The predicted octanol–water partition coefficient (Wildman–Crippen LogP) is 1.21. The minimum atomic E-state index is -0.955. The van der Waals surface area contributed by atoms with Gasteiger partial charge in [-0.15, -0.1) is 0 Å². The molecular weight excluding hydrogens is 320 g/mol. The first-order valence-corrected chi connectivity index (χ1v) is 7.45. The van der Waals surface area contributed by atoms with Crippen LogP contribution in [0.1, 0.15) is 11.4 Å². The van der Waals surface area contributed by atoms with Gasteiger partial charge in [0.1, 0.15) is 11.9 Å². The second kappa shape index (κ2) is 6.39. The molecule has 1 unspecified atom stereocenters. The quantitative estimate of drug-likeness (QED) is 0.877. The molecule has 0 saturated carbocycles. The van der Waals surface area contributed by atoms with Crippen LogP contribution in [0.15, 0.2) is 35.1 Å². The van der Waals surface area contributed by atoms with Gasteiger partial charge in [-0.2, -0.15) is 5.10 Å². The molecule has 7 nitrogen and oxygen atoms in total. The maximum absolute atomic E-state index is 11.6. The molecule has 1 aliphatic heterocycles. The first-order chi connectivity index (χ1) is 11.0. The number of aromatic nitrogens is 3. The number of carboxylic acids is 1. The maximum atomic E-state index is 11.6. The Hall–Kier alpha value is -2.38. The molecule has 0 radical (unpaired) electrons. The number of aromatic amines is 1. The van der Waals surface area contributed by atoms with E-state index in [1.807, 2.05) is 24.3 Å². The Morgan fingerprint density at radius 1 is 1.43 bits per heavy atom. The molecule has 23 heavy (non-hydrogen) atoms. The van der Waals surface area contributed by atoms with Gasteiger partial charge in [-0.25, -0.2) is 9.89 Å². The summed E-state index contributed by atoms with van der Waals surface area (Å²) in [6, 6.07) is 6.60. The van der Waals surface area contributed by atoms with Crippen molar-refractivity contribution in [1.29, 1.82) is 0 Å². The second-order valence-electron chi connectivity index (χ2n) is 5.29. The Kier molecular flexibility index (Phi) is 4.31. The molecule has 0 fully saturated rings. The van der Waals surface area contributed by atoms with Gasteiger partial charge in [0, 0.05) is 11.6 Å². The van der Waals surface area contributed by atoms with Crippen LogP contribution >= 0.6 is 11.6 Å². The summed E-state index contributed by atoms with van der Waals surface area (Å²) in [5.41, 5.74) is 0.609. The molecule has 0 amide bonds. The van der Waals surface area contributed by atoms with E-state index in [2.05, 4.69) is 10.2 Å². The summed E-state index contributed by atoms with van der Waals surface area (Å²) in [4.78, 5) is 24.8. The molecule has 0 saturated heterocycles. The van der Waals surface area contributed by atoms with E-state index in [0.717, 1.165) is 5.56 Å². The van der Waals surface area contributed by atoms with Gasteiger partial charge < -0.3 is 5.11 Å². The molecule has 1 aromatic carbocycles. The summed E-state index contributed by atoms with van der Waals surface area (Å²) >= 11 is 5.84. The number of carbonyl (C=O) groups is 1. The lowest BCUT2D eigenvalue weighted by Crippen LogP contribution is -2.49. The fourth-order valence-electron chi connectivity index (χ4n) is 2.56. The van der Waals surface area contributed by atoms with E-state index >= 15 is 0 Å². The number of aliphatic carboxylic acids is 1. The monoisotopic (exact) mass is 334 g/mol. The topological polar surface area (TPSA) is 91.2 Å². The minimum Gasteiger partial charge on any atom is -0.480 e. The van der Waals surface area contributed by atoms with Gasteiger partial charge in [0.05, 0.1) is 13.1 Å². The fourth-order valence-corrected chi connectivity index (χ4v) is 2.69. The van der Waals surface area contributed by atoms with Crippen molar-refractivity contribution in [2.75, 3.05) is 6.54 Å². The van der Waals surface area contributed by atoms with Gasteiger partial charge in [0.2, 0.25) is 0 Å². The van der Waals surface area contributed by atoms with Crippen LogP contribution in [0.5, 0.6) is 0 Å². The van der Waals surface area contributed by atoms with E-state index in [-0.39, 0.29) is 12.2 Å². The Bertz CT molecular complexity index is 794. The van der Waals surface area contributed by atoms with E-state index in [0.29, 0.717) is 23.9 Å². The number of hydrogen-bond acceptors (Lipinski definition) is 4. The van der Waals surface area contributed by atoms with Gasteiger partial charge in [-0.05, 0) is 17.7 Å². The zero-order valence-electron chi connectivity index (χ0n) is 12.1. The maximum Gasteiger partial charge on any atom is 0.343 e. The molecule has 1 atom stereocenters. The molecule has 1 aromatic heterocycles. The molecule has 3 rings (SSSR count). The Labute approximate surface area is 136 Å². The summed E-state index contributed by atoms with van der Waals surface area (Å²) in [5, 5.41) is 16.3. The molecule has 1 aliphatic rings. The van der Waals surface area contributed by atoms with Crippen molar-refractivity contribution in [3.8, 4) is 0 Å². The lowest BCUT2D eigenvalue weighted by Gasteiger charge is -2.31. The number of hydrogen-bond donors (Lipinski definition) is 2. The summed E-state index contributed by atoms with van der Waals surface area (Å²) in [6.07, 6.45) is 3.79. The average molecular weight is 335 g/mol. The zero-order valence-corrected chi connectivity index (χ0v) is 12.9. The third-order valence-corrected chi connectivity index (χ3v) is 4.04. The second-order valence-corrected chi connectivity index (χ2v) is 5.73. The number of rotatable bonds is 4. The van der Waals surface area contributed by atoms with Crippen molar-refractivity contribution < 1.29 is 9.90 Å². The van der Waals surface area contributed by atoms with Gasteiger partial charge >= 0.3 is 11.7 Å². The Morgan fingerprint density at radius 2 is 2.17 bits per heavy atom. The van der Waals surface area contributed by atoms with Gasteiger partial charge in [-0.1, -0.05) is 35.9 Å². The number of H-pyrrole nitrogens is 1. The third-order valence-electron chi connectivity index (χ3n) is 3.78. The number of fused-ring (bicyclic) bond motifs is 1. The highest BCUT2D eigenvalue weighted by Gasteiger charge is 2.32. The SMILES string of the molecule is O=C(O)C1Cn2c(n[nH]c2=O)CN1C/C=C/c1ccc(Cl)cc1. The van der Waals surface area contributed by atoms with Crippen molar-refractivity contribution in [1.82, 2.24) is 19.7 Å². The molecule has 2 N–H and O–H groups in total. The highest BCUT2D eigenvalue weighted by molar-refractivity contribution is 6.30. The van der Waals surface area contributed by atoms with Crippen molar-refractivity contribution in [3.63, 3.8) is 0 Å². The molecule has 0 aliphatic carbocycles. The summed E-state index contributed by atoms with van der Waals surface area (Å²) in [6.45, 7) is 0.843. The van der Waals surface area contributed by atoms with Crippen molar-refractivity contribution >= 4 is 23.6 Å². The van der Waals surface area contributed by atoms with Crippen LogP contribution < -0.4 is 5.69 Å². The van der Waals surface area contributed by atoms with Crippen LogP contribution in [-0.4, -0.2) is 43.3 Å². The van der Waals surface area contributed by atoms with Crippen LogP contribution in [0.4, 0.5) is 0 Å². The summed E-state index contributed by atoms with van der Waals surface area (Å²) in [5.74, 6) is -0.406. The van der Waals surface area contributed by atoms with E-state index < -0.39 is 12.0 Å². The van der Waals surface area contributed by atoms with Crippen LogP contribution in [-0.2, 0) is 17.9 Å².